The zero-order chi connectivity index (χ0) is 18.5. The minimum atomic E-state index is -0.965. The van der Waals surface area contributed by atoms with E-state index in [1.807, 2.05) is 18.2 Å². The molecule has 7 heteroatoms. The first-order valence-corrected chi connectivity index (χ1v) is 8.90. The van der Waals surface area contributed by atoms with Crippen molar-refractivity contribution < 1.29 is 9.90 Å². The number of nitriles is 1. The lowest BCUT2D eigenvalue weighted by Gasteiger charge is -2.12. The van der Waals surface area contributed by atoms with Gasteiger partial charge in [0.15, 0.2) is 5.16 Å². The van der Waals surface area contributed by atoms with E-state index in [2.05, 4.69) is 11.1 Å². The van der Waals surface area contributed by atoms with Gasteiger partial charge >= 0.3 is 5.97 Å². The van der Waals surface area contributed by atoms with Crippen molar-refractivity contribution in [2.45, 2.75) is 23.9 Å². The number of benzene rings is 2. The molecule has 26 heavy (non-hydrogen) atoms. The summed E-state index contributed by atoms with van der Waals surface area (Å²) in [6.07, 6.45) is -0.148. The minimum Gasteiger partial charge on any atom is -0.481 e. The van der Waals surface area contributed by atoms with Crippen LogP contribution in [0.25, 0.3) is 10.9 Å². The van der Waals surface area contributed by atoms with Crippen LogP contribution in [0.5, 0.6) is 0 Å². The highest BCUT2D eigenvalue weighted by Crippen LogP contribution is 2.22. The molecule has 1 N–H and O–H groups in total. The summed E-state index contributed by atoms with van der Waals surface area (Å²) in [5, 5.41) is 18.8. The van der Waals surface area contributed by atoms with E-state index in [1.165, 1.54) is 16.3 Å². The maximum atomic E-state index is 12.7. The van der Waals surface area contributed by atoms with Crippen molar-refractivity contribution in [3.63, 3.8) is 0 Å². The summed E-state index contributed by atoms with van der Waals surface area (Å²) in [7, 11) is 0. The summed E-state index contributed by atoms with van der Waals surface area (Å²) < 4.78 is 1.42. The van der Waals surface area contributed by atoms with E-state index in [0.717, 1.165) is 5.56 Å². The highest BCUT2D eigenvalue weighted by atomic mass is 32.2. The fourth-order valence-electron chi connectivity index (χ4n) is 2.49. The predicted octanol–water partition coefficient (Wildman–Crippen LogP) is 3.04. The molecule has 0 aliphatic rings. The lowest BCUT2D eigenvalue weighted by atomic mass is 10.2. The average molecular weight is 365 g/mol. The summed E-state index contributed by atoms with van der Waals surface area (Å²) >= 11 is 1.37. The SMILES string of the molecule is N#Cc1ccc(CSc2nc3ccccc3c(=O)n2CCC(=O)O)cc1. The number of aliphatic carboxylic acids is 1. The fraction of sp³-hybridized carbons (Fsp3) is 0.158. The molecule has 0 aliphatic carbocycles. The van der Waals surface area contributed by atoms with E-state index in [1.54, 1.807) is 30.3 Å². The fourth-order valence-corrected chi connectivity index (χ4v) is 3.47. The maximum absolute atomic E-state index is 12.7. The van der Waals surface area contributed by atoms with Crippen LogP contribution in [0.2, 0.25) is 0 Å². The van der Waals surface area contributed by atoms with Crippen LogP contribution < -0.4 is 5.56 Å². The molecule has 0 radical (unpaired) electrons. The summed E-state index contributed by atoms with van der Waals surface area (Å²) in [4.78, 5) is 28.2. The zero-order valence-corrected chi connectivity index (χ0v) is 14.6. The molecular formula is C19H15N3O3S. The smallest absolute Gasteiger partial charge is 0.305 e. The predicted molar refractivity (Wildman–Crippen MR) is 99.0 cm³/mol. The number of hydrogen-bond donors (Lipinski definition) is 1. The van der Waals surface area contributed by atoms with Gasteiger partial charge in [-0.25, -0.2) is 4.98 Å². The molecule has 0 spiro atoms. The third kappa shape index (κ3) is 3.92. The summed E-state index contributed by atoms with van der Waals surface area (Å²) in [6, 6.07) is 16.3. The molecule has 2 aromatic carbocycles. The van der Waals surface area contributed by atoms with Crippen LogP contribution in [0.1, 0.15) is 17.5 Å². The highest BCUT2D eigenvalue weighted by Gasteiger charge is 2.12. The number of nitrogens with zero attached hydrogens (tertiary/aromatic N) is 3. The molecular weight excluding hydrogens is 350 g/mol. The van der Waals surface area contributed by atoms with E-state index in [4.69, 9.17) is 10.4 Å². The molecule has 3 rings (SSSR count). The summed E-state index contributed by atoms with van der Waals surface area (Å²) in [6.45, 7) is 0.0711. The number of carboxylic acids is 1. The molecule has 0 amide bonds. The number of para-hydroxylation sites is 1. The second-order valence-electron chi connectivity index (χ2n) is 5.61. The van der Waals surface area contributed by atoms with E-state index in [-0.39, 0.29) is 18.5 Å². The molecule has 0 saturated carbocycles. The van der Waals surface area contributed by atoms with Crippen LogP contribution in [0.4, 0.5) is 0 Å². The monoisotopic (exact) mass is 365 g/mol. The van der Waals surface area contributed by atoms with Gasteiger partial charge in [-0.05, 0) is 29.8 Å². The molecule has 1 heterocycles. The van der Waals surface area contributed by atoms with Gasteiger partial charge in [0.1, 0.15) is 0 Å². The molecule has 0 aliphatic heterocycles. The van der Waals surface area contributed by atoms with Crippen LogP contribution in [0.3, 0.4) is 0 Å². The van der Waals surface area contributed by atoms with Crippen molar-refractivity contribution in [1.82, 2.24) is 9.55 Å². The Kier molecular flexibility index (Phi) is 5.34. The van der Waals surface area contributed by atoms with Crippen LogP contribution in [-0.2, 0) is 17.1 Å². The molecule has 0 fully saturated rings. The van der Waals surface area contributed by atoms with E-state index in [0.29, 0.717) is 27.4 Å². The Morgan fingerprint density at radius 1 is 1.19 bits per heavy atom. The molecule has 6 nitrogen and oxygen atoms in total. The van der Waals surface area contributed by atoms with Crippen molar-refractivity contribution in [1.29, 1.82) is 5.26 Å². The lowest BCUT2D eigenvalue weighted by molar-refractivity contribution is -0.137. The molecule has 1 aromatic heterocycles. The van der Waals surface area contributed by atoms with Crippen LogP contribution in [0.15, 0.2) is 58.5 Å². The molecule has 0 unspecified atom stereocenters. The third-order valence-corrected chi connectivity index (χ3v) is 4.87. The molecule has 0 saturated heterocycles. The third-order valence-electron chi connectivity index (χ3n) is 3.83. The largest absolute Gasteiger partial charge is 0.481 e. The van der Waals surface area contributed by atoms with Crippen LogP contribution in [-0.4, -0.2) is 20.6 Å². The first kappa shape index (κ1) is 17.7. The Morgan fingerprint density at radius 3 is 2.62 bits per heavy atom. The van der Waals surface area contributed by atoms with Gasteiger partial charge < -0.3 is 5.11 Å². The summed E-state index contributed by atoms with van der Waals surface area (Å²) in [5.41, 5.74) is 1.92. The van der Waals surface area contributed by atoms with Gasteiger partial charge in [-0.2, -0.15) is 5.26 Å². The number of fused-ring (bicyclic) bond motifs is 1. The van der Waals surface area contributed by atoms with Gasteiger partial charge in [0.2, 0.25) is 0 Å². The Hall–Kier alpha value is -3.11. The van der Waals surface area contributed by atoms with Gasteiger partial charge in [0.25, 0.3) is 5.56 Å². The quantitative estimate of drug-likeness (QED) is 0.533. The number of carbonyl (C=O) groups is 1. The normalized spacial score (nSPS) is 10.6. The topological polar surface area (TPSA) is 96.0 Å². The lowest BCUT2D eigenvalue weighted by Crippen LogP contribution is -2.24. The Bertz CT molecular complexity index is 1050. The van der Waals surface area contributed by atoms with E-state index < -0.39 is 5.97 Å². The van der Waals surface area contributed by atoms with Crippen LogP contribution in [0, 0.1) is 11.3 Å². The van der Waals surface area contributed by atoms with E-state index in [9.17, 15) is 9.59 Å². The van der Waals surface area contributed by atoms with Crippen LogP contribution >= 0.6 is 11.8 Å². The van der Waals surface area contributed by atoms with Gasteiger partial charge in [-0.1, -0.05) is 36.0 Å². The zero-order valence-electron chi connectivity index (χ0n) is 13.8. The molecule has 0 bridgehead atoms. The van der Waals surface area contributed by atoms with Crippen molar-refractivity contribution in [3.05, 3.63) is 70.0 Å². The first-order valence-electron chi connectivity index (χ1n) is 7.91. The maximum Gasteiger partial charge on any atom is 0.305 e. The average Bonchev–Trinajstić information content (AvgIpc) is 2.66. The number of aromatic nitrogens is 2. The van der Waals surface area contributed by atoms with Crippen molar-refractivity contribution in [2.24, 2.45) is 0 Å². The van der Waals surface area contributed by atoms with Gasteiger partial charge in [0, 0.05) is 12.3 Å². The van der Waals surface area contributed by atoms with Crippen molar-refractivity contribution >= 4 is 28.6 Å². The Balaban J connectivity index is 1.93. The number of rotatable bonds is 6. The van der Waals surface area contributed by atoms with Gasteiger partial charge in [0.05, 0.1) is 29.0 Å². The second kappa shape index (κ2) is 7.85. The second-order valence-corrected chi connectivity index (χ2v) is 6.55. The van der Waals surface area contributed by atoms with Crippen molar-refractivity contribution in [2.75, 3.05) is 0 Å². The number of hydrogen-bond acceptors (Lipinski definition) is 5. The highest BCUT2D eigenvalue weighted by molar-refractivity contribution is 7.98. The summed E-state index contributed by atoms with van der Waals surface area (Å²) in [5.74, 6) is -0.406. The molecule has 0 atom stereocenters. The van der Waals surface area contributed by atoms with E-state index >= 15 is 0 Å². The molecule has 130 valence electrons. The standard InChI is InChI=1S/C19H15N3O3S/c20-11-13-5-7-14(8-6-13)12-26-19-21-16-4-2-1-3-15(16)18(25)22(19)10-9-17(23)24/h1-8H,9-10,12H2,(H,23,24). The minimum absolute atomic E-state index is 0.0711. The number of thioether (sulfide) groups is 1. The first-order chi connectivity index (χ1) is 12.6. The van der Waals surface area contributed by atoms with Gasteiger partial charge in [-0.15, -0.1) is 0 Å². The van der Waals surface area contributed by atoms with Gasteiger partial charge in [-0.3, -0.25) is 14.2 Å². The van der Waals surface area contributed by atoms with Crippen molar-refractivity contribution in [3.8, 4) is 6.07 Å². The Morgan fingerprint density at radius 2 is 1.92 bits per heavy atom. The molecule has 3 aromatic rings. The number of carboxylic acid groups (broad SMARTS) is 1. The Labute approximate surface area is 153 Å².